The number of likely N-dealkylation sites (N-methyl/N-ethyl adjacent to an activating group) is 1. The second-order valence-electron chi connectivity index (χ2n) is 5.41. The molecule has 0 saturated carbocycles. The summed E-state index contributed by atoms with van der Waals surface area (Å²) in [6.07, 6.45) is 0. The highest BCUT2D eigenvalue weighted by Gasteiger charge is 2.26. The number of nitrogens with one attached hydrogen (secondary N) is 2. The number of rotatable bonds is 4. The van der Waals surface area contributed by atoms with Crippen molar-refractivity contribution in [3.05, 3.63) is 58.0 Å². The Kier molecular flexibility index (Phi) is 5.02. The number of carbonyl (C=O) groups excluding carboxylic acids is 2. The molecular formula is C17H18F2N2O3. The monoisotopic (exact) mass is 336 g/mol. The summed E-state index contributed by atoms with van der Waals surface area (Å²) < 4.78 is 32.0. The molecule has 1 heterocycles. The van der Waals surface area contributed by atoms with E-state index in [1.165, 1.54) is 13.1 Å². The molecule has 0 saturated heterocycles. The summed E-state index contributed by atoms with van der Waals surface area (Å²) in [6.45, 7) is 5.10. The fraction of sp³-hybridized carbons (Fsp3) is 0.294. The van der Waals surface area contributed by atoms with Gasteiger partial charge in [0.15, 0.2) is 11.6 Å². The van der Waals surface area contributed by atoms with E-state index in [0.717, 1.165) is 12.1 Å². The Morgan fingerprint density at radius 3 is 2.25 bits per heavy atom. The van der Waals surface area contributed by atoms with E-state index < -0.39 is 29.5 Å². The van der Waals surface area contributed by atoms with Gasteiger partial charge >= 0.3 is 0 Å². The third kappa shape index (κ3) is 3.29. The van der Waals surface area contributed by atoms with Crippen molar-refractivity contribution in [2.24, 2.45) is 0 Å². The highest BCUT2D eigenvalue weighted by atomic mass is 19.2. The Morgan fingerprint density at radius 2 is 1.75 bits per heavy atom. The van der Waals surface area contributed by atoms with Crippen LogP contribution in [0.1, 0.15) is 39.0 Å². The van der Waals surface area contributed by atoms with Crippen molar-refractivity contribution < 1.29 is 22.8 Å². The molecule has 0 spiro atoms. The number of furan rings is 1. The van der Waals surface area contributed by atoms with Gasteiger partial charge in [0, 0.05) is 12.6 Å². The lowest BCUT2D eigenvalue weighted by atomic mass is 10.0. The van der Waals surface area contributed by atoms with Gasteiger partial charge in [-0.15, -0.1) is 0 Å². The van der Waals surface area contributed by atoms with Crippen molar-refractivity contribution in [3.8, 4) is 0 Å². The second kappa shape index (κ2) is 6.82. The number of halogens is 2. The Balaban J connectivity index is 2.37. The zero-order valence-electron chi connectivity index (χ0n) is 13.8. The van der Waals surface area contributed by atoms with Gasteiger partial charge in [0.2, 0.25) is 5.91 Å². The molecule has 1 aromatic carbocycles. The first kappa shape index (κ1) is 17.7. The van der Waals surface area contributed by atoms with E-state index in [-0.39, 0.29) is 5.56 Å². The van der Waals surface area contributed by atoms with Crippen molar-refractivity contribution >= 4 is 11.8 Å². The average molecular weight is 336 g/mol. The predicted molar refractivity (Wildman–Crippen MR) is 83.6 cm³/mol. The van der Waals surface area contributed by atoms with Crippen LogP contribution in [0.5, 0.6) is 0 Å². The fourth-order valence-electron chi connectivity index (χ4n) is 2.47. The van der Waals surface area contributed by atoms with Crippen LogP contribution in [0.25, 0.3) is 0 Å². The van der Waals surface area contributed by atoms with Crippen LogP contribution >= 0.6 is 0 Å². The summed E-state index contributed by atoms with van der Waals surface area (Å²) in [5, 5.41) is 4.94. The minimum absolute atomic E-state index is 0.136. The largest absolute Gasteiger partial charge is 0.466 e. The molecular weight excluding hydrogens is 318 g/mol. The van der Waals surface area contributed by atoms with Crippen LogP contribution < -0.4 is 10.6 Å². The minimum Gasteiger partial charge on any atom is -0.466 e. The van der Waals surface area contributed by atoms with Crippen molar-refractivity contribution in [1.29, 1.82) is 0 Å². The topological polar surface area (TPSA) is 71.3 Å². The lowest BCUT2D eigenvalue weighted by molar-refractivity contribution is -0.122. The maximum atomic E-state index is 13.5. The van der Waals surface area contributed by atoms with Gasteiger partial charge < -0.3 is 15.1 Å². The van der Waals surface area contributed by atoms with E-state index in [9.17, 15) is 18.4 Å². The number of amides is 2. The number of aryl methyl sites for hydroxylation is 2. The quantitative estimate of drug-likeness (QED) is 0.902. The molecule has 0 fully saturated rings. The Bertz CT molecular complexity index is 799. The fourth-order valence-corrected chi connectivity index (χ4v) is 2.47. The summed E-state index contributed by atoms with van der Waals surface area (Å²) >= 11 is 0. The molecule has 1 aromatic heterocycles. The SMILES string of the molecule is CNC(=O)[C@H](NC(=O)c1c(C)oc(C)c1C)c1ccc(F)c(F)c1. The molecule has 2 aromatic rings. The normalized spacial score (nSPS) is 11.9. The summed E-state index contributed by atoms with van der Waals surface area (Å²) in [7, 11) is 1.39. The zero-order chi connectivity index (χ0) is 18.0. The van der Waals surface area contributed by atoms with Gasteiger partial charge in [-0.1, -0.05) is 6.07 Å². The van der Waals surface area contributed by atoms with Crippen molar-refractivity contribution in [2.75, 3.05) is 7.05 Å². The Hall–Kier alpha value is -2.70. The van der Waals surface area contributed by atoms with Gasteiger partial charge in [0.25, 0.3) is 5.91 Å². The van der Waals surface area contributed by atoms with E-state index in [2.05, 4.69) is 10.6 Å². The first-order valence-corrected chi connectivity index (χ1v) is 7.30. The predicted octanol–water partition coefficient (Wildman–Crippen LogP) is 2.70. The summed E-state index contributed by atoms with van der Waals surface area (Å²) in [5.74, 6) is -2.18. The lowest BCUT2D eigenvalue weighted by Crippen LogP contribution is -2.39. The maximum absolute atomic E-state index is 13.5. The number of benzene rings is 1. The first-order valence-electron chi connectivity index (χ1n) is 7.30. The van der Waals surface area contributed by atoms with Crippen molar-refractivity contribution in [2.45, 2.75) is 26.8 Å². The van der Waals surface area contributed by atoms with Crippen molar-refractivity contribution in [1.82, 2.24) is 10.6 Å². The highest BCUT2D eigenvalue weighted by Crippen LogP contribution is 2.23. The van der Waals surface area contributed by atoms with E-state index in [1.807, 2.05) is 0 Å². The molecule has 0 aliphatic carbocycles. The summed E-state index contributed by atoms with van der Waals surface area (Å²) in [6, 6.07) is 1.88. The van der Waals surface area contributed by atoms with Crippen molar-refractivity contribution in [3.63, 3.8) is 0 Å². The van der Waals surface area contributed by atoms with Gasteiger partial charge in [-0.05, 0) is 38.5 Å². The first-order chi connectivity index (χ1) is 11.3. The average Bonchev–Trinajstić information content (AvgIpc) is 2.79. The van der Waals surface area contributed by atoms with Gasteiger partial charge in [-0.3, -0.25) is 9.59 Å². The number of hydrogen-bond acceptors (Lipinski definition) is 3. The van der Waals surface area contributed by atoms with Gasteiger partial charge in [-0.25, -0.2) is 8.78 Å². The van der Waals surface area contributed by atoms with Crippen LogP contribution in [0.15, 0.2) is 22.6 Å². The molecule has 24 heavy (non-hydrogen) atoms. The molecule has 0 aliphatic rings. The number of hydrogen-bond donors (Lipinski definition) is 2. The molecule has 128 valence electrons. The van der Waals surface area contributed by atoms with E-state index >= 15 is 0 Å². The third-order valence-electron chi connectivity index (χ3n) is 3.85. The molecule has 2 amide bonds. The minimum atomic E-state index is -1.16. The molecule has 7 heteroatoms. The standard InChI is InChI=1S/C17H18F2N2O3/c1-8-9(2)24-10(3)14(8)16(22)21-15(17(23)20-4)11-5-6-12(18)13(19)7-11/h5-7,15H,1-4H3,(H,20,23)(H,21,22)/t15-/m1/s1. The highest BCUT2D eigenvalue weighted by molar-refractivity contribution is 5.99. The Labute approximate surface area is 138 Å². The molecule has 2 rings (SSSR count). The molecule has 1 atom stereocenters. The van der Waals surface area contributed by atoms with Crippen LogP contribution in [0.4, 0.5) is 8.78 Å². The lowest BCUT2D eigenvalue weighted by Gasteiger charge is -2.18. The zero-order valence-corrected chi connectivity index (χ0v) is 13.8. The van der Waals surface area contributed by atoms with Crippen LogP contribution in [0, 0.1) is 32.4 Å². The summed E-state index contributed by atoms with van der Waals surface area (Å²) in [4.78, 5) is 24.6. The van der Waals surface area contributed by atoms with E-state index in [1.54, 1.807) is 20.8 Å². The third-order valence-corrected chi connectivity index (χ3v) is 3.85. The second-order valence-corrected chi connectivity index (χ2v) is 5.41. The molecule has 0 radical (unpaired) electrons. The Morgan fingerprint density at radius 1 is 1.08 bits per heavy atom. The van der Waals surface area contributed by atoms with E-state index in [0.29, 0.717) is 22.6 Å². The van der Waals surface area contributed by atoms with Crippen LogP contribution in [-0.2, 0) is 4.79 Å². The molecule has 0 bridgehead atoms. The molecule has 0 unspecified atom stereocenters. The van der Waals surface area contributed by atoms with Crippen LogP contribution in [-0.4, -0.2) is 18.9 Å². The van der Waals surface area contributed by atoms with Gasteiger partial charge in [-0.2, -0.15) is 0 Å². The van der Waals surface area contributed by atoms with Gasteiger partial charge in [0.05, 0.1) is 5.56 Å². The molecule has 5 nitrogen and oxygen atoms in total. The van der Waals surface area contributed by atoms with Gasteiger partial charge in [0.1, 0.15) is 17.6 Å². The van der Waals surface area contributed by atoms with Crippen LogP contribution in [0.2, 0.25) is 0 Å². The molecule has 2 N–H and O–H groups in total. The number of carbonyl (C=O) groups is 2. The maximum Gasteiger partial charge on any atom is 0.256 e. The summed E-state index contributed by atoms with van der Waals surface area (Å²) in [5.41, 5.74) is 1.12. The smallest absolute Gasteiger partial charge is 0.256 e. The molecule has 0 aliphatic heterocycles. The van der Waals surface area contributed by atoms with Crippen LogP contribution in [0.3, 0.4) is 0 Å². The van der Waals surface area contributed by atoms with E-state index in [4.69, 9.17) is 4.42 Å².